The molecule has 88 valence electrons. The summed E-state index contributed by atoms with van der Waals surface area (Å²) in [5.41, 5.74) is 0.961. The highest BCUT2D eigenvalue weighted by molar-refractivity contribution is 5.15. The van der Waals surface area contributed by atoms with Crippen LogP contribution in [0.15, 0.2) is 30.3 Å². The van der Waals surface area contributed by atoms with Gasteiger partial charge in [-0.1, -0.05) is 30.3 Å². The number of benzene rings is 1. The molecule has 0 aromatic heterocycles. The Hall–Kier alpha value is -0.900. The standard InChI is InChI=1S/C13H19NO2/c1-13(2)14(12(9-15)10-16-13)8-11-6-4-3-5-7-11/h3-7,12,15H,8-10H2,1-2H3/t12-/m0/s1. The summed E-state index contributed by atoms with van der Waals surface area (Å²) in [5.74, 6) is 0. The molecule has 0 saturated carbocycles. The van der Waals surface area contributed by atoms with E-state index in [1.165, 1.54) is 5.56 Å². The first-order valence-electron chi connectivity index (χ1n) is 5.69. The fraction of sp³-hybridized carbons (Fsp3) is 0.538. The van der Waals surface area contributed by atoms with Gasteiger partial charge in [-0.25, -0.2) is 0 Å². The summed E-state index contributed by atoms with van der Waals surface area (Å²) in [4.78, 5) is 2.21. The average Bonchev–Trinajstić information content (AvgIpc) is 2.56. The van der Waals surface area contributed by atoms with Crippen molar-refractivity contribution in [3.8, 4) is 0 Å². The molecule has 1 aromatic carbocycles. The third-order valence-corrected chi connectivity index (χ3v) is 3.17. The second-order valence-corrected chi connectivity index (χ2v) is 4.71. The SMILES string of the molecule is CC1(C)OC[C@H](CO)N1Cc1ccccc1. The monoisotopic (exact) mass is 221 g/mol. The van der Waals surface area contributed by atoms with Crippen molar-refractivity contribution < 1.29 is 9.84 Å². The van der Waals surface area contributed by atoms with E-state index in [1.807, 2.05) is 32.0 Å². The quantitative estimate of drug-likeness (QED) is 0.841. The van der Waals surface area contributed by atoms with Crippen molar-refractivity contribution in [1.82, 2.24) is 4.90 Å². The summed E-state index contributed by atoms with van der Waals surface area (Å²) >= 11 is 0. The molecule has 0 spiro atoms. The van der Waals surface area contributed by atoms with E-state index in [2.05, 4.69) is 17.0 Å². The van der Waals surface area contributed by atoms with Gasteiger partial charge in [0, 0.05) is 6.54 Å². The maximum atomic E-state index is 9.33. The molecule has 1 heterocycles. The molecule has 1 aliphatic heterocycles. The summed E-state index contributed by atoms with van der Waals surface area (Å²) in [6.07, 6.45) is 0. The Morgan fingerprint density at radius 3 is 2.69 bits per heavy atom. The van der Waals surface area contributed by atoms with Gasteiger partial charge >= 0.3 is 0 Å². The summed E-state index contributed by atoms with van der Waals surface area (Å²) < 4.78 is 5.69. The van der Waals surface area contributed by atoms with Crippen LogP contribution in [0.25, 0.3) is 0 Å². The molecule has 0 bridgehead atoms. The Balaban J connectivity index is 2.12. The lowest BCUT2D eigenvalue weighted by atomic mass is 10.1. The number of nitrogens with zero attached hydrogens (tertiary/aromatic N) is 1. The van der Waals surface area contributed by atoms with Crippen LogP contribution in [0.2, 0.25) is 0 Å². The van der Waals surface area contributed by atoms with E-state index in [0.29, 0.717) is 6.61 Å². The van der Waals surface area contributed by atoms with Crippen molar-refractivity contribution >= 4 is 0 Å². The summed E-state index contributed by atoms with van der Waals surface area (Å²) in [7, 11) is 0. The molecule has 1 aromatic rings. The van der Waals surface area contributed by atoms with Crippen LogP contribution in [0, 0.1) is 0 Å². The molecule has 0 unspecified atom stereocenters. The fourth-order valence-electron chi connectivity index (χ4n) is 2.16. The lowest BCUT2D eigenvalue weighted by Gasteiger charge is -2.33. The van der Waals surface area contributed by atoms with Gasteiger partial charge in [-0.05, 0) is 19.4 Å². The summed E-state index contributed by atoms with van der Waals surface area (Å²) in [6.45, 7) is 5.67. The van der Waals surface area contributed by atoms with Crippen LogP contribution in [0.1, 0.15) is 19.4 Å². The van der Waals surface area contributed by atoms with Gasteiger partial charge in [-0.3, -0.25) is 4.90 Å². The van der Waals surface area contributed by atoms with E-state index in [4.69, 9.17) is 4.74 Å². The normalized spacial score (nSPS) is 24.8. The molecular weight excluding hydrogens is 202 g/mol. The zero-order valence-electron chi connectivity index (χ0n) is 9.89. The molecule has 2 rings (SSSR count). The van der Waals surface area contributed by atoms with E-state index < -0.39 is 0 Å². The molecule has 0 amide bonds. The van der Waals surface area contributed by atoms with Crippen molar-refractivity contribution in [3.05, 3.63) is 35.9 Å². The smallest absolute Gasteiger partial charge is 0.116 e. The highest BCUT2D eigenvalue weighted by Gasteiger charge is 2.39. The maximum absolute atomic E-state index is 9.33. The molecule has 1 saturated heterocycles. The van der Waals surface area contributed by atoms with Gasteiger partial charge in [0.25, 0.3) is 0 Å². The molecule has 0 radical (unpaired) electrons. The zero-order chi connectivity index (χ0) is 11.6. The van der Waals surface area contributed by atoms with Crippen LogP contribution in [0.4, 0.5) is 0 Å². The van der Waals surface area contributed by atoms with Crippen molar-refractivity contribution in [1.29, 1.82) is 0 Å². The minimum absolute atomic E-state index is 0.107. The Bertz CT molecular complexity index is 337. The first-order chi connectivity index (χ1) is 7.63. The number of aliphatic hydroxyl groups is 1. The van der Waals surface area contributed by atoms with Gasteiger partial charge < -0.3 is 9.84 Å². The molecule has 1 atom stereocenters. The molecule has 1 N–H and O–H groups in total. The first kappa shape index (κ1) is 11.6. The largest absolute Gasteiger partial charge is 0.395 e. The lowest BCUT2D eigenvalue weighted by Crippen LogP contribution is -2.44. The Kier molecular flexibility index (Phi) is 3.28. The van der Waals surface area contributed by atoms with E-state index in [9.17, 15) is 5.11 Å². The van der Waals surface area contributed by atoms with Crippen molar-refractivity contribution in [2.24, 2.45) is 0 Å². The van der Waals surface area contributed by atoms with Gasteiger partial charge in [0.05, 0.1) is 19.3 Å². The van der Waals surface area contributed by atoms with Gasteiger partial charge in [0.2, 0.25) is 0 Å². The molecule has 0 aliphatic carbocycles. The van der Waals surface area contributed by atoms with E-state index >= 15 is 0 Å². The second-order valence-electron chi connectivity index (χ2n) is 4.71. The number of hydrogen-bond donors (Lipinski definition) is 1. The maximum Gasteiger partial charge on any atom is 0.116 e. The lowest BCUT2D eigenvalue weighted by molar-refractivity contribution is -0.0596. The van der Waals surface area contributed by atoms with E-state index in [0.717, 1.165) is 6.54 Å². The van der Waals surface area contributed by atoms with Crippen LogP contribution in [-0.4, -0.2) is 35.0 Å². The molecule has 1 aliphatic rings. The topological polar surface area (TPSA) is 32.7 Å². The van der Waals surface area contributed by atoms with E-state index in [-0.39, 0.29) is 18.4 Å². The van der Waals surface area contributed by atoms with Crippen molar-refractivity contribution in [3.63, 3.8) is 0 Å². The van der Waals surface area contributed by atoms with Crippen LogP contribution in [0.5, 0.6) is 0 Å². The van der Waals surface area contributed by atoms with Gasteiger partial charge in [-0.2, -0.15) is 0 Å². The molecule has 16 heavy (non-hydrogen) atoms. The summed E-state index contributed by atoms with van der Waals surface area (Å²) in [5, 5.41) is 9.33. The Morgan fingerprint density at radius 2 is 2.06 bits per heavy atom. The van der Waals surface area contributed by atoms with Crippen LogP contribution < -0.4 is 0 Å². The van der Waals surface area contributed by atoms with Crippen LogP contribution in [-0.2, 0) is 11.3 Å². The molecule has 3 heteroatoms. The molecule has 1 fully saturated rings. The predicted molar refractivity (Wildman–Crippen MR) is 62.9 cm³/mol. The van der Waals surface area contributed by atoms with Crippen LogP contribution in [0.3, 0.4) is 0 Å². The number of ether oxygens (including phenoxy) is 1. The van der Waals surface area contributed by atoms with Gasteiger partial charge in [0.1, 0.15) is 5.72 Å². The van der Waals surface area contributed by atoms with E-state index in [1.54, 1.807) is 0 Å². The zero-order valence-corrected chi connectivity index (χ0v) is 9.89. The molecular formula is C13H19NO2. The Morgan fingerprint density at radius 1 is 1.38 bits per heavy atom. The highest BCUT2D eigenvalue weighted by atomic mass is 16.5. The van der Waals surface area contributed by atoms with Gasteiger partial charge in [-0.15, -0.1) is 0 Å². The number of hydrogen-bond acceptors (Lipinski definition) is 3. The summed E-state index contributed by atoms with van der Waals surface area (Å²) in [6, 6.07) is 10.4. The Labute approximate surface area is 96.6 Å². The van der Waals surface area contributed by atoms with Crippen molar-refractivity contribution in [2.45, 2.75) is 32.2 Å². The highest BCUT2D eigenvalue weighted by Crippen LogP contribution is 2.28. The van der Waals surface area contributed by atoms with Gasteiger partial charge in [0.15, 0.2) is 0 Å². The number of aliphatic hydroxyl groups excluding tert-OH is 1. The third kappa shape index (κ3) is 2.26. The van der Waals surface area contributed by atoms with Crippen LogP contribution >= 0.6 is 0 Å². The second kappa shape index (κ2) is 4.53. The minimum atomic E-state index is -0.288. The fourth-order valence-corrected chi connectivity index (χ4v) is 2.16. The first-order valence-corrected chi connectivity index (χ1v) is 5.69. The van der Waals surface area contributed by atoms with Crippen molar-refractivity contribution in [2.75, 3.05) is 13.2 Å². The predicted octanol–water partition coefficient (Wildman–Crippen LogP) is 1.62. The third-order valence-electron chi connectivity index (χ3n) is 3.17. The molecule has 3 nitrogen and oxygen atoms in total. The number of rotatable bonds is 3. The minimum Gasteiger partial charge on any atom is -0.395 e. The average molecular weight is 221 g/mol.